The average molecular weight is 331 g/mol. The quantitative estimate of drug-likeness (QED) is 0.838. The molecule has 2 N–H and O–H groups in total. The molecule has 2 aromatic rings. The smallest absolute Gasteiger partial charge is 0.342 e. The van der Waals surface area contributed by atoms with Crippen LogP contribution in [0.1, 0.15) is 34.2 Å². The third-order valence-corrected chi connectivity index (χ3v) is 3.78. The first-order valence-corrected chi connectivity index (χ1v) is 7.52. The van der Waals surface area contributed by atoms with Crippen molar-refractivity contribution in [2.45, 2.75) is 33.8 Å². The number of aromatic nitrogens is 2. The summed E-state index contributed by atoms with van der Waals surface area (Å²) in [5.41, 5.74) is 2.92. The maximum absolute atomic E-state index is 12.3. The molecule has 1 aromatic heterocycles. The SMILES string of the molecule is Cc1ccc(O)c(C(=O)O[C@@H](C)C(=O)Nc2c(C)nn(C)c2C)c1. The summed E-state index contributed by atoms with van der Waals surface area (Å²) in [6.07, 6.45) is -1.02. The van der Waals surface area contributed by atoms with E-state index in [1.54, 1.807) is 31.6 Å². The van der Waals surface area contributed by atoms with Gasteiger partial charge in [0.05, 0.1) is 17.1 Å². The Balaban J connectivity index is 2.08. The van der Waals surface area contributed by atoms with Crippen LogP contribution in [0.4, 0.5) is 5.69 Å². The lowest BCUT2D eigenvalue weighted by atomic mass is 10.1. The second kappa shape index (κ2) is 6.74. The van der Waals surface area contributed by atoms with Crippen LogP contribution in [0.2, 0.25) is 0 Å². The molecule has 0 radical (unpaired) electrons. The van der Waals surface area contributed by atoms with E-state index in [-0.39, 0.29) is 11.3 Å². The van der Waals surface area contributed by atoms with E-state index >= 15 is 0 Å². The van der Waals surface area contributed by atoms with Gasteiger partial charge in [-0.25, -0.2) is 4.79 Å². The molecule has 1 atom stereocenters. The number of hydrogen-bond acceptors (Lipinski definition) is 5. The number of esters is 1. The number of rotatable bonds is 4. The van der Waals surface area contributed by atoms with Gasteiger partial charge in [0.1, 0.15) is 11.3 Å². The minimum Gasteiger partial charge on any atom is -0.507 e. The average Bonchev–Trinajstić information content (AvgIpc) is 2.75. The number of nitrogens with one attached hydrogen (secondary N) is 1. The minimum atomic E-state index is -1.02. The van der Waals surface area contributed by atoms with E-state index in [0.717, 1.165) is 11.3 Å². The first-order valence-electron chi connectivity index (χ1n) is 7.52. The number of hydrogen-bond donors (Lipinski definition) is 2. The highest BCUT2D eigenvalue weighted by Crippen LogP contribution is 2.21. The Hall–Kier alpha value is -2.83. The van der Waals surface area contributed by atoms with Crippen LogP contribution >= 0.6 is 0 Å². The van der Waals surface area contributed by atoms with Gasteiger partial charge in [0, 0.05) is 7.05 Å². The largest absolute Gasteiger partial charge is 0.507 e. The zero-order valence-electron chi connectivity index (χ0n) is 14.4. The molecule has 0 bridgehead atoms. The lowest BCUT2D eigenvalue weighted by Crippen LogP contribution is -2.30. The van der Waals surface area contributed by atoms with E-state index < -0.39 is 18.0 Å². The molecule has 0 unspecified atom stereocenters. The van der Waals surface area contributed by atoms with Gasteiger partial charge in [-0.15, -0.1) is 0 Å². The van der Waals surface area contributed by atoms with Gasteiger partial charge in [-0.3, -0.25) is 9.48 Å². The van der Waals surface area contributed by atoms with Crippen LogP contribution in [0, 0.1) is 20.8 Å². The zero-order chi connectivity index (χ0) is 18.0. The lowest BCUT2D eigenvalue weighted by molar-refractivity contribution is -0.123. The van der Waals surface area contributed by atoms with E-state index in [2.05, 4.69) is 10.4 Å². The predicted molar refractivity (Wildman–Crippen MR) is 89.0 cm³/mol. The number of carbonyl (C=O) groups excluding carboxylic acids is 2. The Labute approximate surface area is 140 Å². The zero-order valence-corrected chi connectivity index (χ0v) is 14.4. The summed E-state index contributed by atoms with van der Waals surface area (Å²) in [7, 11) is 1.78. The van der Waals surface area contributed by atoms with Crippen LogP contribution in [0.5, 0.6) is 5.75 Å². The Morgan fingerprint density at radius 3 is 2.54 bits per heavy atom. The number of phenolic OH excluding ortho intramolecular Hbond substituents is 1. The Kier molecular flexibility index (Phi) is 4.92. The topological polar surface area (TPSA) is 93.4 Å². The summed E-state index contributed by atoms with van der Waals surface area (Å²) in [4.78, 5) is 24.4. The number of phenols is 1. The number of nitrogens with zero attached hydrogens (tertiary/aromatic N) is 2. The molecule has 2 rings (SSSR count). The summed E-state index contributed by atoms with van der Waals surface area (Å²) < 4.78 is 6.81. The van der Waals surface area contributed by atoms with Gasteiger partial charge in [0.2, 0.25) is 0 Å². The molecule has 0 saturated carbocycles. The van der Waals surface area contributed by atoms with Gasteiger partial charge in [0.15, 0.2) is 6.10 Å². The molecule has 128 valence electrons. The molecule has 7 heteroatoms. The van der Waals surface area contributed by atoms with Crippen molar-refractivity contribution in [2.75, 3.05) is 5.32 Å². The van der Waals surface area contributed by atoms with Crippen molar-refractivity contribution >= 4 is 17.6 Å². The van der Waals surface area contributed by atoms with Crippen molar-refractivity contribution in [2.24, 2.45) is 7.05 Å². The lowest BCUT2D eigenvalue weighted by Gasteiger charge is -2.14. The van der Waals surface area contributed by atoms with Crippen LogP contribution in [0.3, 0.4) is 0 Å². The minimum absolute atomic E-state index is 0.0309. The molecule has 0 fully saturated rings. The van der Waals surface area contributed by atoms with Crippen LogP contribution in [-0.2, 0) is 16.6 Å². The molecular weight excluding hydrogens is 310 g/mol. The van der Waals surface area contributed by atoms with Crippen molar-refractivity contribution in [3.63, 3.8) is 0 Å². The number of anilines is 1. The molecule has 1 heterocycles. The Bertz CT molecular complexity index is 795. The van der Waals surface area contributed by atoms with Crippen molar-refractivity contribution in [1.29, 1.82) is 0 Å². The van der Waals surface area contributed by atoms with E-state index in [0.29, 0.717) is 11.4 Å². The number of carbonyl (C=O) groups is 2. The molecule has 0 aliphatic heterocycles. The van der Waals surface area contributed by atoms with Crippen LogP contribution < -0.4 is 5.32 Å². The first kappa shape index (κ1) is 17.5. The van der Waals surface area contributed by atoms with Gasteiger partial charge in [0.25, 0.3) is 5.91 Å². The van der Waals surface area contributed by atoms with E-state index in [9.17, 15) is 14.7 Å². The van der Waals surface area contributed by atoms with Crippen LogP contribution in [-0.4, -0.2) is 32.9 Å². The molecule has 1 amide bonds. The number of aryl methyl sites for hydroxylation is 3. The fraction of sp³-hybridized carbons (Fsp3) is 0.353. The standard InChI is InChI=1S/C17H21N3O4/c1-9-6-7-14(21)13(8-9)17(23)24-12(4)16(22)18-15-10(2)19-20(5)11(15)3/h6-8,12,21H,1-5H3,(H,18,22)/t12-/m0/s1. The van der Waals surface area contributed by atoms with Crippen molar-refractivity contribution in [3.8, 4) is 5.75 Å². The van der Waals surface area contributed by atoms with E-state index in [1.165, 1.54) is 19.1 Å². The number of amides is 1. The van der Waals surface area contributed by atoms with E-state index in [4.69, 9.17) is 4.74 Å². The Morgan fingerprint density at radius 1 is 1.29 bits per heavy atom. The number of benzene rings is 1. The normalized spacial score (nSPS) is 11.9. The number of aromatic hydroxyl groups is 1. The summed E-state index contributed by atoms with van der Waals surface area (Å²) >= 11 is 0. The van der Waals surface area contributed by atoms with Gasteiger partial charge in [-0.1, -0.05) is 11.6 Å². The van der Waals surface area contributed by atoms with Crippen LogP contribution in [0.25, 0.3) is 0 Å². The number of ether oxygens (including phenoxy) is 1. The maximum atomic E-state index is 12.3. The first-order chi connectivity index (χ1) is 11.2. The molecule has 0 aliphatic rings. The molecule has 1 aromatic carbocycles. The summed E-state index contributed by atoms with van der Waals surface area (Å²) in [5.74, 6) is -1.40. The molecule has 0 saturated heterocycles. The van der Waals surface area contributed by atoms with Gasteiger partial charge in [-0.05, 0) is 39.8 Å². The second-order valence-electron chi connectivity index (χ2n) is 5.73. The highest BCUT2D eigenvalue weighted by atomic mass is 16.5. The van der Waals surface area contributed by atoms with Gasteiger partial charge < -0.3 is 15.2 Å². The van der Waals surface area contributed by atoms with Crippen molar-refractivity contribution < 1.29 is 19.4 Å². The monoisotopic (exact) mass is 331 g/mol. The molecule has 24 heavy (non-hydrogen) atoms. The summed E-state index contributed by atoms with van der Waals surface area (Å²) in [6.45, 7) is 6.88. The van der Waals surface area contributed by atoms with E-state index in [1.807, 2.05) is 6.92 Å². The van der Waals surface area contributed by atoms with Crippen molar-refractivity contribution in [3.05, 3.63) is 40.7 Å². The van der Waals surface area contributed by atoms with Gasteiger partial charge in [-0.2, -0.15) is 5.10 Å². The molecule has 7 nitrogen and oxygen atoms in total. The summed E-state index contributed by atoms with van der Waals surface area (Å²) in [5, 5.41) is 16.7. The fourth-order valence-corrected chi connectivity index (χ4v) is 2.27. The maximum Gasteiger partial charge on any atom is 0.342 e. The highest BCUT2D eigenvalue weighted by molar-refractivity contribution is 5.98. The van der Waals surface area contributed by atoms with Gasteiger partial charge >= 0.3 is 5.97 Å². The molecule has 0 aliphatic carbocycles. The predicted octanol–water partition coefficient (Wildman–Crippen LogP) is 2.23. The third kappa shape index (κ3) is 3.56. The highest BCUT2D eigenvalue weighted by Gasteiger charge is 2.23. The summed E-state index contributed by atoms with van der Waals surface area (Å²) in [6, 6.07) is 4.60. The Morgan fingerprint density at radius 2 is 1.96 bits per heavy atom. The second-order valence-corrected chi connectivity index (χ2v) is 5.73. The molecular formula is C17H21N3O4. The fourth-order valence-electron chi connectivity index (χ4n) is 2.27. The third-order valence-electron chi connectivity index (χ3n) is 3.78. The van der Waals surface area contributed by atoms with Crippen LogP contribution in [0.15, 0.2) is 18.2 Å². The van der Waals surface area contributed by atoms with Crippen molar-refractivity contribution in [1.82, 2.24) is 9.78 Å². The molecule has 0 spiro atoms.